The van der Waals surface area contributed by atoms with Crippen molar-refractivity contribution in [1.29, 1.82) is 0 Å². The van der Waals surface area contributed by atoms with Crippen molar-refractivity contribution in [3.63, 3.8) is 0 Å². The minimum atomic E-state index is 0.239. The largest absolute Gasteiger partial charge is 0.284 e. The lowest BCUT2D eigenvalue weighted by Crippen LogP contribution is -2.22. The molecule has 3 aromatic carbocycles. The average Bonchev–Trinajstić information content (AvgIpc) is 2.69. The lowest BCUT2D eigenvalue weighted by molar-refractivity contribution is 0.738. The molecule has 0 saturated heterocycles. The third kappa shape index (κ3) is 3.56. The highest BCUT2D eigenvalue weighted by Gasteiger charge is 2.26. The van der Waals surface area contributed by atoms with E-state index in [4.69, 9.17) is 28.2 Å². The predicted octanol–water partition coefficient (Wildman–Crippen LogP) is 6.71. The van der Waals surface area contributed by atoms with Crippen LogP contribution in [0.15, 0.2) is 77.8 Å². The van der Waals surface area contributed by atoms with Crippen LogP contribution in [0.5, 0.6) is 0 Å². The lowest BCUT2D eigenvalue weighted by atomic mass is 9.78. The van der Waals surface area contributed by atoms with E-state index in [2.05, 4.69) is 54.6 Å². The first-order valence-electron chi connectivity index (χ1n) is 8.84. The SMILES string of the molecule is Clc1ccc(C2CCc3ccccc3/C2=N/Cc2ccccc2)cc1Cl. The summed E-state index contributed by atoms with van der Waals surface area (Å²) in [6.45, 7) is 0.683. The fourth-order valence-electron chi connectivity index (χ4n) is 3.62. The van der Waals surface area contributed by atoms with E-state index >= 15 is 0 Å². The third-order valence-corrected chi connectivity index (χ3v) is 5.69. The van der Waals surface area contributed by atoms with Crippen LogP contribution in [0.25, 0.3) is 0 Å². The van der Waals surface area contributed by atoms with Crippen molar-refractivity contribution in [2.24, 2.45) is 4.99 Å². The maximum absolute atomic E-state index is 6.28. The molecule has 0 aromatic heterocycles. The number of halogens is 2. The minimum Gasteiger partial charge on any atom is -0.284 e. The van der Waals surface area contributed by atoms with Crippen LogP contribution in [0.1, 0.15) is 34.6 Å². The Labute approximate surface area is 164 Å². The van der Waals surface area contributed by atoms with Gasteiger partial charge in [0.15, 0.2) is 0 Å². The van der Waals surface area contributed by atoms with Gasteiger partial charge in [0.1, 0.15) is 0 Å². The maximum Gasteiger partial charge on any atom is 0.0643 e. The van der Waals surface area contributed by atoms with Gasteiger partial charge in [0.05, 0.1) is 22.3 Å². The Hall–Kier alpha value is -2.09. The van der Waals surface area contributed by atoms with E-state index in [0.29, 0.717) is 16.6 Å². The summed E-state index contributed by atoms with van der Waals surface area (Å²) in [7, 11) is 0. The fourth-order valence-corrected chi connectivity index (χ4v) is 3.93. The summed E-state index contributed by atoms with van der Waals surface area (Å²) in [4.78, 5) is 5.05. The molecular weight excluding hydrogens is 361 g/mol. The molecule has 1 aliphatic carbocycles. The van der Waals surface area contributed by atoms with Crippen LogP contribution in [0.4, 0.5) is 0 Å². The first-order valence-corrected chi connectivity index (χ1v) is 9.59. The third-order valence-electron chi connectivity index (χ3n) is 4.95. The van der Waals surface area contributed by atoms with Crippen molar-refractivity contribution < 1.29 is 0 Å². The van der Waals surface area contributed by atoms with Gasteiger partial charge in [-0.1, -0.05) is 83.9 Å². The second-order valence-corrected chi connectivity index (χ2v) is 7.42. The van der Waals surface area contributed by atoms with Crippen molar-refractivity contribution in [3.05, 3.63) is 105 Å². The van der Waals surface area contributed by atoms with Crippen molar-refractivity contribution >= 4 is 28.9 Å². The molecule has 0 amide bonds. The number of hydrogen-bond donors (Lipinski definition) is 0. The van der Waals surface area contributed by atoms with Crippen LogP contribution in [-0.2, 0) is 13.0 Å². The summed E-state index contributed by atoms with van der Waals surface area (Å²) in [5.74, 6) is 0.239. The Morgan fingerprint density at radius 3 is 2.42 bits per heavy atom. The summed E-state index contributed by atoms with van der Waals surface area (Å²) in [6.07, 6.45) is 2.08. The molecule has 3 heteroatoms. The molecule has 1 nitrogen and oxygen atoms in total. The molecule has 0 spiro atoms. The van der Waals surface area contributed by atoms with Gasteiger partial charge in [-0.2, -0.15) is 0 Å². The van der Waals surface area contributed by atoms with Gasteiger partial charge < -0.3 is 0 Å². The molecule has 26 heavy (non-hydrogen) atoms. The molecule has 0 radical (unpaired) electrons. The molecule has 1 unspecified atom stereocenters. The number of aliphatic imine (C=N–C) groups is 1. The Kier molecular flexibility index (Phi) is 5.10. The Balaban J connectivity index is 1.76. The van der Waals surface area contributed by atoms with Crippen LogP contribution in [0.2, 0.25) is 10.0 Å². The highest BCUT2D eigenvalue weighted by Crippen LogP contribution is 2.36. The van der Waals surface area contributed by atoms with Crippen LogP contribution in [0, 0.1) is 0 Å². The molecule has 0 bridgehead atoms. The Bertz CT molecular complexity index is 947. The second kappa shape index (κ2) is 7.65. The van der Waals surface area contributed by atoms with E-state index in [1.165, 1.54) is 22.3 Å². The van der Waals surface area contributed by atoms with Crippen LogP contribution in [0.3, 0.4) is 0 Å². The quantitative estimate of drug-likeness (QED) is 0.479. The summed E-state index contributed by atoms with van der Waals surface area (Å²) >= 11 is 12.4. The lowest BCUT2D eigenvalue weighted by Gasteiger charge is -2.27. The molecule has 0 heterocycles. The van der Waals surface area contributed by atoms with Gasteiger partial charge >= 0.3 is 0 Å². The zero-order valence-corrected chi connectivity index (χ0v) is 15.8. The summed E-state index contributed by atoms with van der Waals surface area (Å²) in [5.41, 5.74) is 6.17. The Morgan fingerprint density at radius 1 is 0.846 bits per heavy atom. The van der Waals surface area contributed by atoms with Gasteiger partial charge in [-0.15, -0.1) is 0 Å². The van der Waals surface area contributed by atoms with Crippen LogP contribution in [-0.4, -0.2) is 5.71 Å². The van der Waals surface area contributed by atoms with E-state index < -0.39 is 0 Å². The molecule has 0 fully saturated rings. The van der Waals surface area contributed by atoms with E-state index in [-0.39, 0.29) is 5.92 Å². The highest BCUT2D eigenvalue weighted by atomic mass is 35.5. The zero-order valence-electron chi connectivity index (χ0n) is 14.3. The topological polar surface area (TPSA) is 12.4 Å². The van der Waals surface area contributed by atoms with Gasteiger partial charge in [0, 0.05) is 5.92 Å². The van der Waals surface area contributed by atoms with Gasteiger partial charge in [0.25, 0.3) is 0 Å². The molecule has 4 rings (SSSR count). The van der Waals surface area contributed by atoms with E-state index in [0.717, 1.165) is 18.6 Å². The Morgan fingerprint density at radius 2 is 1.62 bits per heavy atom. The van der Waals surface area contributed by atoms with Gasteiger partial charge in [-0.05, 0) is 47.2 Å². The predicted molar refractivity (Wildman–Crippen MR) is 111 cm³/mol. The minimum absolute atomic E-state index is 0.239. The van der Waals surface area contributed by atoms with Gasteiger partial charge in [-0.25, -0.2) is 0 Å². The number of aryl methyl sites for hydroxylation is 1. The summed E-state index contributed by atoms with van der Waals surface area (Å²) < 4.78 is 0. The first-order chi connectivity index (χ1) is 12.7. The number of rotatable bonds is 3. The van der Waals surface area contributed by atoms with Crippen molar-refractivity contribution in [2.45, 2.75) is 25.3 Å². The normalized spacial score (nSPS) is 17.9. The molecule has 1 aliphatic rings. The first kappa shape index (κ1) is 17.3. The highest BCUT2D eigenvalue weighted by molar-refractivity contribution is 6.42. The molecule has 130 valence electrons. The molecule has 1 atom stereocenters. The molecule has 3 aromatic rings. The molecule has 0 saturated carbocycles. The van der Waals surface area contributed by atoms with Crippen molar-refractivity contribution in [2.75, 3.05) is 0 Å². The standard InChI is InChI=1S/C23H19Cl2N/c24-21-13-11-18(14-22(21)25)20-12-10-17-8-4-5-9-19(17)23(20)26-15-16-6-2-1-3-7-16/h1-9,11,13-14,20H,10,12,15H2/b26-23-. The maximum atomic E-state index is 6.28. The van der Waals surface area contributed by atoms with E-state index in [1.807, 2.05) is 18.2 Å². The van der Waals surface area contributed by atoms with Gasteiger partial charge in [0.2, 0.25) is 0 Å². The van der Waals surface area contributed by atoms with Crippen LogP contribution >= 0.6 is 23.2 Å². The number of fused-ring (bicyclic) bond motifs is 1. The van der Waals surface area contributed by atoms with E-state index in [9.17, 15) is 0 Å². The zero-order chi connectivity index (χ0) is 17.9. The summed E-state index contributed by atoms with van der Waals surface area (Å²) in [5, 5.41) is 1.19. The summed E-state index contributed by atoms with van der Waals surface area (Å²) in [6, 6.07) is 24.9. The van der Waals surface area contributed by atoms with Crippen molar-refractivity contribution in [3.8, 4) is 0 Å². The monoisotopic (exact) mass is 379 g/mol. The number of nitrogens with zero attached hydrogens (tertiary/aromatic N) is 1. The van der Waals surface area contributed by atoms with Crippen LogP contribution < -0.4 is 0 Å². The molecule has 0 aliphatic heterocycles. The molecular formula is C23H19Cl2N. The fraction of sp³-hybridized carbons (Fsp3) is 0.174. The van der Waals surface area contributed by atoms with E-state index in [1.54, 1.807) is 0 Å². The van der Waals surface area contributed by atoms with Gasteiger partial charge in [-0.3, -0.25) is 4.99 Å². The molecule has 0 N–H and O–H groups in total. The number of benzene rings is 3. The van der Waals surface area contributed by atoms with Crippen molar-refractivity contribution in [1.82, 2.24) is 0 Å². The second-order valence-electron chi connectivity index (χ2n) is 6.61. The average molecular weight is 380 g/mol. The smallest absolute Gasteiger partial charge is 0.0643 e. The number of hydrogen-bond acceptors (Lipinski definition) is 1.